The summed E-state index contributed by atoms with van der Waals surface area (Å²) in [5.41, 5.74) is 0.503. The van der Waals surface area contributed by atoms with E-state index in [0.717, 1.165) is 25.3 Å². The van der Waals surface area contributed by atoms with Gasteiger partial charge in [0.2, 0.25) is 0 Å². The van der Waals surface area contributed by atoms with Crippen LogP contribution in [0.5, 0.6) is 11.5 Å². The largest absolute Gasteiger partial charge is 0.508 e. The highest BCUT2D eigenvalue weighted by Gasteiger charge is 2.21. The molecule has 0 amide bonds. The van der Waals surface area contributed by atoms with Crippen molar-refractivity contribution in [2.24, 2.45) is 0 Å². The van der Waals surface area contributed by atoms with Crippen LogP contribution in [0.15, 0.2) is 17.0 Å². The van der Waals surface area contributed by atoms with Gasteiger partial charge < -0.3 is 10.2 Å². The molecule has 0 atom stereocenters. The fourth-order valence-corrected chi connectivity index (χ4v) is 3.14. The van der Waals surface area contributed by atoms with Gasteiger partial charge in [0.1, 0.15) is 16.4 Å². The minimum Gasteiger partial charge on any atom is -0.508 e. The van der Waals surface area contributed by atoms with Crippen molar-refractivity contribution < 1.29 is 18.6 Å². The van der Waals surface area contributed by atoms with E-state index >= 15 is 0 Å². The van der Waals surface area contributed by atoms with Crippen LogP contribution in [0.2, 0.25) is 0 Å². The average Bonchev–Trinajstić information content (AvgIpc) is 2.28. The van der Waals surface area contributed by atoms with E-state index in [4.69, 9.17) is 0 Å². The molecule has 18 heavy (non-hydrogen) atoms. The van der Waals surface area contributed by atoms with E-state index in [1.54, 1.807) is 0 Å². The predicted molar refractivity (Wildman–Crippen MR) is 70.7 cm³/mol. The van der Waals surface area contributed by atoms with Crippen molar-refractivity contribution in [1.29, 1.82) is 0 Å². The first kappa shape index (κ1) is 14.8. The Bertz CT molecular complexity index is 506. The van der Waals surface area contributed by atoms with Crippen molar-refractivity contribution in [2.45, 2.75) is 44.4 Å². The first-order valence-corrected chi connectivity index (χ1v) is 7.85. The molecule has 0 spiro atoms. The molecule has 0 heterocycles. The molecule has 0 aliphatic heterocycles. The lowest BCUT2D eigenvalue weighted by molar-refractivity contribution is 0.436. The zero-order chi connectivity index (χ0) is 13.8. The number of hydrogen-bond acceptors (Lipinski definition) is 4. The molecule has 1 aromatic carbocycles. The zero-order valence-corrected chi connectivity index (χ0v) is 11.6. The molecule has 2 N–H and O–H groups in total. The second-order valence-electron chi connectivity index (χ2n) is 4.31. The minimum absolute atomic E-state index is 0.0288. The summed E-state index contributed by atoms with van der Waals surface area (Å²) in [5, 5.41) is 19.2. The zero-order valence-electron chi connectivity index (χ0n) is 10.8. The van der Waals surface area contributed by atoms with Gasteiger partial charge in [0.15, 0.2) is 9.84 Å². The number of unbranched alkanes of at least 4 members (excludes halogenated alkanes) is 2. The topological polar surface area (TPSA) is 74.6 Å². The molecule has 0 fully saturated rings. The number of phenols is 2. The molecule has 0 bridgehead atoms. The smallest absolute Gasteiger partial charge is 0.182 e. The predicted octanol–water partition coefficient (Wildman–Crippen LogP) is 2.62. The van der Waals surface area contributed by atoms with Gasteiger partial charge in [-0.1, -0.05) is 26.7 Å². The maximum absolute atomic E-state index is 11.9. The number of sulfone groups is 1. The first-order valence-electron chi connectivity index (χ1n) is 6.20. The maximum atomic E-state index is 11.9. The van der Waals surface area contributed by atoms with Crippen LogP contribution in [0.1, 0.15) is 38.7 Å². The summed E-state index contributed by atoms with van der Waals surface area (Å²) in [6.07, 6.45) is 3.40. The Morgan fingerprint density at radius 3 is 2.33 bits per heavy atom. The standard InChI is InChI=1S/C13H20O4S/c1-3-5-6-7-10-8-11(14)9-12(15)13(10)18(16,17)4-2/h8-9,14-15H,3-7H2,1-2H3. The third-order valence-electron chi connectivity index (χ3n) is 2.87. The second-order valence-corrected chi connectivity index (χ2v) is 6.53. The molecule has 5 heteroatoms. The lowest BCUT2D eigenvalue weighted by Gasteiger charge is -2.12. The molecule has 0 aliphatic carbocycles. The van der Waals surface area contributed by atoms with Crippen molar-refractivity contribution in [1.82, 2.24) is 0 Å². The molecule has 1 aromatic rings. The van der Waals surface area contributed by atoms with E-state index in [9.17, 15) is 18.6 Å². The maximum Gasteiger partial charge on any atom is 0.182 e. The van der Waals surface area contributed by atoms with Crippen molar-refractivity contribution in [2.75, 3.05) is 5.75 Å². The van der Waals surface area contributed by atoms with Gasteiger partial charge in [-0.3, -0.25) is 0 Å². The van der Waals surface area contributed by atoms with E-state index in [-0.39, 0.29) is 22.1 Å². The SMILES string of the molecule is CCCCCc1cc(O)cc(O)c1S(=O)(=O)CC. The lowest BCUT2D eigenvalue weighted by Crippen LogP contribution is -2.08. The van der Waals surface area contributed by atoms with Crippen LogP contribution < -0.4 is 0 Å². The highest BCUT2D eigenvalue weighted by molar-refractivity contribution is 7.91. The molecule has 0 radical (unpaired) electrons. The van der Waals surface area contributed by atoms with Crippen LogP contribution in [-0.2, 0) is 16.3 Å². The molecule has 0 saturated carbocycles. The van der Waals surface area contributed by atoms with Crippen LogP contribution in [-0.4, -0.2) is 24.4 Å². The Labute approximate surface area is 108 Å². The summed E-state index contributed by atoms with van der Waals surface area (Å²) in [4.78, 5) is -0.0288. The summed E-state index contributed by atoms with van der Waals surface area (Å²) in [7, 11) is -3.47. The third-order valence-corrected chi connectivity index (χ3v) is 4.73. The highest BCUT2D eigenvalue weighted by Crippen LogP contribution is 2.32. The number of benzene rings is 1. The van der Waals surface area contributed by atoms with Gasteiger partial charge in [-0.15, -0.1) is 0 Å². The highest BCUT2D eigenvalue weighted by atomic mass is 32.2. The van der Waals surface area contributed by atoms with Crippen molar-refractivity contribution in [3.05, 3.63) is 17.7 Å². The molecule has 102 valence electrons. The lowest BCUT2D eigenvalue weighted by atomic mass is 10.1. The number of hydrogen-bond donors (Lipinski definition) is 2. The number of phenolic OH excluding ortho intramolecular Hbond substituents is 2. The van der Waals surface area contributed by atoms with Crippen LogP contribution in [0.3, 0.4) is 0 Å². The normalized spacial score (nSPS) is 11.7. The molecule has 1 rings (SSSR count). The molecule has 4 nitrogen and oxygen atoms in total. The molecule has 0 aromatic heterocycles. The Kier molecular flexibility index (Phi) is 5.02. The fourth-order valence-electron chi connectivity index (χ4n) is 1.91. The van der Waals surface area contributed by atoms with Gasteiger partial charge in [-0.25, -0.2) is 8.42 Å². The van der Waals surface area contributed by atoms with E-state index in [1.807, 2.05) is 0 Å². The van der Waals surface area contributed by atoms with Gasteiger partial charge >= 0.3 is 0 Å². The van der Waals surface area contributed by atoms with Crippen LogP contribution in [0, 0.1) is 0 Å². The van der Waals surface area contributed by atoms with Crippen molar-refractivity contribution >= 4 is 9.84 Å². The average molecular weight is 272 g/mol. The van der Waals surface area contributed by atoms with Gasteiger partial charge in [-0.2, -0.15) is 0 Å². The Morgan fingerprint density at radius 1 is 1.11 bits per heavy atom. The van der Waals surface area contributed by atoms with E-state index in [0.29, 0.717) is 12.0 Å². The van der Waals surface area contributed by atoms with E-state index in [1.165, 1.54) is 13.0 Å². The first-order chi connectivity index (χ1) is 8.42. The van der Waals surface area contributed by atoms with Crippen LogP contribution in [0.25, 0.3) is 0 Å². The Morgan fingerprint density at radius 2 is 1.78 bits per heavy atom. The summed E-state index contributed by atoms with van der Waals surface area (Å²) < 4.78 is 23.9. The van der Waals surface area contributed by atoms with Gasteiger partial charge in [0.25, 0.3) is 0 Å². The summed E-state index contributed by atoms with van der Waals surface area (Å²) in [5.74, 6) is -0.524. The van der Waals surface area contributed by atoms with Crippen LogP contribution in [0.4, 0.5) is 0 Å². The molecular formula is C13H20O4S. The number of aromatic hydroxyl groups is 2. The summed E-state index contributed by atoms with van der Waals surface area (Å²) in [6.45, 7) is 3.60. The van der Waals surface area contributed by atoms with Crippen molar-refractivity contribution in [3.8, 4) is 11.5 Å². The Balaban J connectivity index is 3.22. The fraction of sp³-hybridized carbons (Fsp3) is 0.538. The monoisotopic (exact) mass is 272 g/mol. The second kappa shape index (κ2) is 6.09. The number of rotatable bonds is 6. The molecular weight excluding hydrogens is 252 g/mol. The van der Waals surface area contributed by atoms with Crippen LogP contribution >= 0.6 is 0 Å². The van der Waals surface area contributed by atoms with E-state index < -0.39 is 9.84 Å². The Hall–Kier alpha value is -1.23. The molecule has 0 aliphatic rings. The van der Waals surface area contributed by atoms with Crippen molar-refractivity contribution in [3.63, 3.8) is 0 Å². The van der Waals surface area contributed by atoms with Gasteiger partial charge in [-0.05, 0) is 24.5 Å². The number of aryl methyl sites for hydroxylation is 1. The molecule has 0 saturated heterocycles. The van der Waals surface area contributed by atoms with Gasteiger partial charge in [0, 0.05) is 6.07 Å². The summed E-state index contributed by atoms with van der Waals surface area (Å²) >= 11 is 0. The van der Waals surface area contributed by atoms with Gasteiger partial charge in [0.05, 0.1) is 5.75 Å². The summed E-state index contributed by atoms with van der Waals surface area (Å²) in [6, 6.07) is 2.50. The molecule has 0 unspecified atom stereocenters. The van der Waals surface area contributed by atoms with E-state index in [2.05, 4.69) is 6.92 Å². The quantitative estimate of drug-likeness (QED) is 0.781. The minimum atomic E-state index is -3.47. The third kappa shape index (κ3) is 3.38.